The van der Waals surface area contributed by atoms with E-state index in [1.807, 2.05) is 47.3 Å². The van der Waals surface area contributed by atoms with Gasteiger partial charge in [-0.25, -0.2) is 9.67 Å². The highest BCUT2D eigenvalue weighted by molar-refractivity contribution is 14.1. The second kappa shape index (κ2) is 3.86. The molecule has 0 bridgehead atoms. The Balaban J connectivity index is 2.26. The van der Waals surface area contributed by atoms with E-state index in [1.165, 1.54) is 0 Å². The molecular weight excluding hydrogens is 313 g/mol. The Kier molecular flexibility index (Phi) is 2.36. The van der Waals surface area contributed by atoms with Crippen molar-refractivity contribution in [1.29, 1.82) is 0 Å². The van der Waals surface area contributed by atoms with Crippen LogP contribution in [0.3, 0.4) is 0 Å². The van der Waals surface area contributed by atoms with Crippen LogP contribution in [-0.4, -0.2) is 14.8 Å². The van der Waals surface area contributed by atoms with Gasteiger partial charge < -0.3 is 0 Å². The highest BCUT2D eigenvalue weighted by atomic mass is 127. The van der Waals surface area contributed by atoms with Crippen molar-refractivity contribution in [2.24, 2.45) is 0 Å². The molecule has 16 heavy (non-hydrogen) atoms. The van der Waals surface area contributed by atoms with E-state index >= 15 is 0 Å². The summed E-state index contributed by atoms with van der Waals surface area (Å²) in [4.78, 5) is 4.33. The van der Waals surface area contributed by atoms with Crippen LogP contribution in [0.15, 0.2) is 48.8 Å². The maximum Gasteiger partial charge on any atom is 0.155 e. The van der Waals surface area contributed by atoms with Gasteiger partial charge in [-0.15, -0.1) is 0 Å². The van der Waals surface area contributed by atoms with Gasteiger partial charge in [-0.05, 0) is 40.8 Å². The Labute approximate surface area is 106 Å². The maximum atomic E-state index is 4.36. The lowest BCUT2D eigenvalue weighted by Gasteiger charge is -2.02. The van der Waals surface area contributed by atoms with Gasteiger partial charge in [0.25, 0.3) is 0 Å². The second-order valence-corrected chi connectivity index (χ2v) is 4.69. The van der Waals surface area contributed by atoms with Crippen LogP contribution in [0.4, 0.5) is 0 Å². The van der Waals surface area contributed by atoms with Gasteiger partial charge in [-0.3, -0.25) is 0 Å². The summed E-state index contributed by atoms with van der Waals surface area (Å²) in [5, 5.41) is 5.49. The third-order valence-electron chi connectivity index (χ3n) is 2.40. The topological polar surface area (TPSA) is 30.7 Å². The fraction of sp³-hybridized carbons (Fsp3) is 0. The van der Waals surface area contributed by atoms with Crippen molar-refractivity contribution < 1.29 is 0 Å². The Bertz CT molecular complexity index is 645. The number of rotatable bonds is 1. The molecule has 0 saturated heterocycles. The molecule has 3 aromatic rings. The Morgan fingerprint density at radius 3 is 2.88 bits per heavy atom. The summed E-state index contributed by atoms with van der Waals surface area (Å²) in [6.07, 6.45) is 3.66. The molecule has 2 aromatic heterocycles. The molecule has 0 radical (unpaired) electrons. The van der Waals surface area contributed by atoms with Crippen LogP contribution >= 0.6 is 22.6 Å². The van der Waals surface area contributed by atoms with E-state index < -0.39 is 0 Å². The van der Waals surface area contributed by atoms with Crippen LogP contribution in [0.25, 0.3) is 16.7 Å². The van der Waals surface area contributed by atoms with Crippen LogP contribution in [0, 0.1) is 3.57 Å². The zero-order valence-corrected chi connectivity index (χ0v) is 10.5. The zero-order chi connectivity index (χ0) is 11.0. The molecule has 3 rings (SSSR count). The number of nitrogens with zero attached hydrogens (tertiary/aromatic N) is 3. The average molecular weight is 321 g/mol. The van der Waals surface area contributed by atoms with Gasteiger partial charge in [-0.2, -0.15) is 5.10 Å². The minimum Gasteiger partial charge on any atom is -0.237 e. The number of fused-ring (bicyclic) bond motifs is 1. The van der Waals surface area contributed by atoms with E-state index in [1.54, 1.807) is 6.20 Å². The van der Waals surface area contributed by atoms with Crippen LogP contribution in [0.2, 0.25) is 0 Å². The fourth-order valence-corrected chi connectivity index (χ4v) is 2.10. The Morgan fingerprint density at radius 1 is 1.12 bits per heavy atom. The minimum atomic E-state index is 0.855. The molecule has 0 spiro atoms. The number of hydrogen-bond donors (Lipinski definition) is 0. The third-order valence-corrected chi connectivity index (χ3v) is 3.07. The van der Waals surface area contributed by atoms with Crippen LogP contribution in [0.1, 0.15) is 0 Å². The number of para-hydroxylation sites is 1. The highest BCUT2D eigenvalue weighted by Gasteiger charge is 2.04. The summed E-state index contributed by atoms with van der Waals surface area (Å²) in [5.41, 5.74) is 1.08. The predicted octanol–water partition coefficient (Wildman–Crippen LogP) is 3.03. The molecular formula is C12H8IN3. The summed E-state index contributed by atoms with van der Waals surface area (Å²) in [5.74, 6) is 0.855. The van der Waals surface area contributed by atoms with Crippen LogP contribution in [0.5, 0.6) is 0 Å². The van der Waals surface area contributed by atoms with Crippen molar-refractivity contribution in [2.75, 3.05) is 0 Å². The first-order chi connectivity index (χ1) is 7.84. The van der Waals surface area contributed by atoms with Gasteiger partial charge in [0.05, 0.1) is 11.7 Å². The molecule has 0 N–H and O–H groups in total. The summed E-state index contributed by atoms with van der Waals surface area (Å²) in [7, 11) is 0. The first-order valence-corrected chi connectivity index (χ1v) is 5.97. The number of halogens is 1. The molecule has 0 atom stereocenters. The molecule has 0 saturated carbocycles. The van der Waals surface area contributed by atoms with Gasteiger partial charge in [-0.1, -0.05) is 18.2 Å². The molecule has 1 aromatic carbocycles. The van der Waals surface area contributed by atoms with Gasteiger partial charge in [0, 0.05) is 15.2 Å². The molecule has 0 aliphatic carbocycles. The smallest absolute Gasteiger partial charge is 0.155 e. The SMILES string of the molecule is Ic1ccnc(-n2ncc3ccccc32)c1. The Morgan fingerprint density at radius 2 is 2.00 bits per heavy atom. The molecule has 0 aliphatic rings. The van der Waals surface area contributed by atoms with Crippen molar-refractivity contribution in [2.45, 2.75) is 0 Å². The van der Waals surface area contributed by atoms with E-state index in [4.69, 9.17) is 0 Å². The first kappa shape index (κ1) is 9.77. The van der Waals surface area contributed by atoms with E-state index in [9.17, 15) is 0 Å². The van der Waals surface area contributed by atoms with Crippen LogP contribution < -0.4 is 0 Å². The number of aromatic nitrogens is 3. The quantitative estimate of drug-likeness (QED) is 0.645. The number of benzene rings is 1. The lowest BCUT2D eigenvalue weighted by atomic mass is 10.2. The summed E-state index contributed by atoms with van der Waals surface area (Å²) in [6, 6.07) is 12.1. The molecule has 0 fully saturated rings. The number of pyridine rings is 1. The fourth-order valence-electron chi connectivity index (χ4n) is 1.66. The van der Waals surface area contributed by atoms with Crippen molar-refractivity contribution in [1.82, 2.24) is 14.8 Å². The van der Waals surface area contributed by atoms with Gasteiger partial charge in [0.1, 0.15) is 0 Å². The summed E-state index contributed by atoms with van der Waals surface area (Å²) < 4.78 is 3.01. The van der Waals surface area contributed by atoms with Crippen molar-refractivity contribution >= 4 is 33.5 Å². The van der Waals surface area contributed by atoms with E-state index in [2.05, 4.69) is 32.7 Å². The van der Waals surface area contributed by atoms with E-state index in [0.29, 0.717) is 0 Å². The lowest BCUT2D eigenvalue weighted by Crippen LogP contribution is -1.98. The summed E-state index contributed by atoms with van der Waals surface area (Å²) >= 11 is 2.27. The molecule has 3 nitrogen and oxygen atoms in total. The molecule has 78 valence electrons. The number of hydrogen-bond acceptors (Lipinski definition) is 2. The molecule has 4 heteroatoms. The van der Waals surface area contributed by atoms with Gasteiger partial charge in [0.15, 0.2) is 5.82 Å². The van der Waals surface area contributed by atoms with Crippen molar-refractivity contribution in [3.8, 4) is 5.82 Å². The molecule has 2 heterocycles. The largest absolute Gasteiger partial charge is 0.237 e. The monoisotopic (exact) mass is 321 g/mol. The predicted molar refractivity (Wildman–Crippen MR) is 71.6 cm³/mol. The van der Waals surface area contributed by atoms with Crippen molar-refractivity contribution in [3.63, 3.8) is 0 Å². The molecule has 0 unspecified atom stereocenters. The molecule has 0 aliphatic heterocycles. The zero-order valence-electron chi connectivity index (χ0n) is 8.34. The maximum absolute atomic E-state index is 4.36. The van der Waals surface area contributed by atoms with E-state index in [0.717, 1.165) is 20.3 Å². The van der Waals surface area contributed by atoms with Crippen LogP contribution in [-0.2, 0) is 0 Å². The molecule has 0 amide bonds. The lowest BCUT2D eigenvalue weighted by molar-refractivity contribution is 0.873. The van der Waals surface area contributed by atoms with Gasteiger partial charge >= 0.3 is 0 Å². The van der Waals surface area contributed by atoms with E-state index in [-0.39, 0.29) is 0 Å². The first-order valence-electron chi connectivity index (χ1n) is 4.89. The van der Waals surface area contributed by atoms with Gasteiger partial charge in [0.2, 0.25) is 0 Å². The second-order valence-electron chi connectivity index (χ2n) is 3.45. The average Bonchev–Trinajstić information content (AvgIpc) is 2.72. The normalized spacial score (nSPS) is 10.8. The summed E-state index contributed by atoms with van der Waals surface area (Å²) in [6.45, 7) is 0. The highest BCUT2D eigenvalue weighted by Crippen LogP contribution is 2.17. The standard InChI is InChI=1S/C12H8IN3/c13-10-5-6-14-12(7-10)16-11-4-2-1-3-9(11)8-15-16/h1-8H. The Hall–Kier alpha value is -1.43. The van der Waals surface area contributed by atoms with Crippen molar-refractivity contribution in [3.05, 3.63) is 52.4 Å². The minimum absolute atomic E-state index is 0.855. The third kappa shape index (κ3) is 1.59.